The zero-order chi connectivity index (χ0) is 13.2. The number of hydrogen-bond donors (Lipinski definition) is 0. The lowest BCUT2D eigenvalue weighted by Gasteiger charge is -2.38. The standard InChI is InChI=1S/C15H21NO2/c1-12(17)18-15(13-8-5-4-6-9-13)11-7-10-14(15)16(2)3/h4-6,8-9,14H,7,10-11H2,1-3H3/t14-,15?/m1/s1. The summed E-state index contributed by atoms with van der Waals surface area (Å²) >= 11 is 0. The van der Waals surface area contributed by atoms with Crippen LogP contribution in [0.3, 0.4) is 0 Å². The van der Waals surface area contributed by atoms with Crippen molar-refractivity contribution < 1.29 is 9.53 Å². The fourth-order valence-electron chi connectivity index (χ4n) is 3.12. The third-order valence-corrected chi connectivity index (χ3v) is 3.78. The molecule has 2 atom stereocenters. The largest absolute Gasteiger partial charge is 0.453 e. The van der Waals surface area contributed by atoms with Crippen LogP contribution in [0.25, 0.3) is 0 Å². The number of nitrogens with zero attached hydrogens (tertiary/aromatic N) is 1. The van der Waals surface area contributed by atoms with Crippen LogP contribution in [-0.2, 0) is 15.1 Å². The Morgan fingerprint density at radius 1 is 1.33 bits per heavy atom. The molecule has 3 heteroatoms. The van der Waals surface area contributed by atoms with E-state index in [1.165, 1.54) is 6.92 Å². The van der Waals surface area contributed by atoms with Crippen LogP contribution in [-0.4, -0.2) is 31.0 Å². The highest BCUT2D eigenvalue weighted by molar-refractivity contribution is 5.67. The van der Waals surface area contributed by atoms with E-state index in [0.717, 1.165) is 24.8 Å². The Balaban J connectivity index is 2.43. The molecule has 0 saturated heterocycles. The van der Waals surface area contributed by atoms with E-state index in [9.17, 15) is 4.79 Å². The van der Waals surface area contributed by atoms with Crippen LogP contribution in [0.5, 0.6) is 0 Å². The molecule has 1 saturated carbocycles. The second-order valence-electron chi connectivity index (χ2n) is 5.22. The number of esters is 1. The average Bonchev–Trinajstić information content (AvgIpc) is 2.74. The van der Waals surface area contributed by atoms with E-state index in [1.807, 2.05) is 18.2 Å². The fourth-order valence-corrected chi connectivity index (χ4v) is 3.12. The predicted octanol–water partition coefficient (Wildman–Crippen LogP) is 2.56. The zero-order valence-electron chi connectivity index (χ0n) is 11.3. The Bertz CT molecular complexity index is 416. The third kappa shape index (κ3) is 2.27. The first-order chi connectivity index (χ1) is 8.56. The first-order valence-electron chi connectivity index (χ1n) is 6.48. The number of likely N-dealkylation sites (N-methyl/N-ethyl adjacent to an activating group) is 1. The molecule has 0 bridgehead atoms. The van der Waals surface area contributed by atoms with Gasteiger partial charge in [0.05, 0.1) is 6.04 Å². The van der Waals surface area contributed by atoms with Gasteiger partial charge in [-0.15, -0.1) is 0 Å². The molecule has 0 aromatic heterocycles. The van der Waals surface area contributed by atoms with E-state index >= 15 is 0 Å². The van der Waals surface area contributed by atoms with Crippen molar-refractivity contribution in [2.24, 2.45) is 0 Å². The summed E-state index contributed by atoms with van der Waals surface area (Å²) in [7, 11) is 4.11. The van der Waals surface area contributed by atoms with Crippen LogP contribution in [0.2, 0.25) is 0 Å². The van der Waals surface area contributed by atoms with Gasteiger partial charge >= 0.3 is 5.97 Å². The first kappa shape index (κ1) is 13.1. The second-order valence-corrected chi connectivity index (χ2v) is 5.22. The maximum Gasteiger partial charge on any atom is 0.303 e. The summed E-state index contributed by atoms with van der Waals surface area (Å²) in [5, 5.41) is 0. The Hall–Kier alpha value is -1.35. The molecular formula is C15H21NO2. The van der Waals surface area contributed by atoms with Gasteiger partial charge in [-0.05, 0) is 38.9 Å². The lowest BCUT2D eigenvalue weighted by atomic mass is 9.87. The van der Waals surface area contributed by atoms with E-state index < -0.39 is 5.60 Å². The normalized spacial score (nSPS) is 27.4. The molecule has 1 aromatic carbocycles. The molecule has 0 spiro atoms. The monoisotopic (exact) mass is 247 g/mol. The smallest absolute Gasteiger partial charge is 0.303 e. The van der Waals surface area contributed by atoms with E-state index in [1.54, 1.807) is 0 Å². The number of benzene rings is 1. The highest BCUT2D eigenvalue weighted by atomic mass is 16.6. The Morgan fingerprint density at radius 2 is 2.00 bits per heavy atom. The van der Waals surface area contributed by atoms with E-state index in [-0.39, 0.29) is 12.0 Å². The first-order valence-corrected chi connectivity index (χ1v) is 6.48. The molecule has 1 aliphatic carbocycles. The molecule has 0 heterocycles. The third-order valence-electron chi connectivity index (χ3n) is 3.78. The molecule has 0 aliphatic heterocycles. The van der Waals surface area contributed by atoms with Gasteiger partial charge in [-0.1, -0.05) is 30.3 Å². The predicted molar refractivity (Wildman–Crippen MR) is 71.2 cm³/mol. The Morgan fingerprint density at radius 3 is 2.56 bits per heavy atom. The molecule has 1 fully saturated rings. The fraction of sp³-hybridized carbons (Fsp3) is 0.533. The van der Waals surface area contributed by atoms with Gasteiger partial charge in [0.15, 0.2) is 5.60 Å². The average molecular weight is 247 g/mol. The minimum atomic E-state index is -0.476. The summed E-state index contributed by atoms with van der Waals surface area (Å²) in [5.74, 6) is -0.201. The number of carbonyl (C=O) groups is 1. The lowest BCUT2D eigenvalue weighted by Crippen LogP contribution is -2.46. The SMILES string of the molecule is CC(=O)OC1(c2ccccc2)CCC[C@H]1N(C)C. The van der Waals surface area contributed by atoms with Crippen molar-refractivity contribution in [1.82, 2.24) is 4.90 Å². The lowest BCUT2D eigenvalue weighted by molar-refractivity contribution is -0.163. The van der Waals surface area contributed by atoms with E-state index in [4.69, 9.17) is 4.74 Å². The molecular weight excluding hydrogens is 226 g/mol. The summed E-state index contributed by atoms with van der Waals surface area (Å²) < 4.78 is 5.78. The number of ether oxygens (including phenoxy) is 1. The molecule has 1 unspecified atom stereocenters. The van der Waals surface area contributed by atoms with Crippen LogP contribution >= 0.6 is 0 Å². The van der Waals surface area contributed by atoms with Crippen molar-refractivity contribution in [2.75, 3.05) is 14.1 Å². The zero-order valence-corrected chi connectivity index (χ0v) is 11.3. The summed E-state index contributed by atoms with van der Waals surface area (Å²) in [5.41, 5.74) is 0.632. The van der Waals surface area contributed by atoms with Gasteiger partial charge in [-0.2, -0.15) is 0 Å². The quantitative estimate of drug-likeness (QED) is 0.769. The Kier molecular flexibility index (Phi) is 3.71. The number of rotatable bonds is 3. The molecule has 18 heavy (non-hydrogen) atoms. The van der Waals surface area contributed by atoms with E-state index in [2.05, 4.69) is 31.1 Å². The van der Waals surface area contributed by atoms with Crippen LogP contribution < -0.4 is 0 Å². The van der Waals surface area contributed by atoms with Gasteiger partial charge < -0.3 is 9.64 Å². The molecule has 0 radical (unpaired) electrons. The van der Waals surface area contributed by atoms with Crippen molar-refractivity contribution in [3.05, 3.63) is 35.9 Å². The van der Waals surface area contributed by atoms with Gasteiger partial charge in [0, 0.05) is 6.92 Å². The molecule has 0 N–H and O–H groups in total. The topological polar surface area (TPSA) is 29.5 Å². The summed E-state index contributed by atoms with van der Waals surface area (Å²) in [6, 6.07) is 10.4. The molecule has 1 aliphatic rings. The number of carbonyl (C=O) groups excluding carboxylic acids is 1. The maximum atomic E-state index is 11.5. The van der Waals surface area contributed by atoms with Crippen LogP contribution in [0.4, 0.5) is 0 Å². The summed E-state index contributed by atoms with van der Waals surface area (Å²) in [6.45, 7) is 1.50. The molecule has 98 valence electrons. The maximum absolute atomic E-state index is 11.5. The van der Waals surface area contributed by atoms with Crippen molar-refractivity contribution >= 4 is 5.97 Å². The minimum absolute atomic E-state index is 0.201. The number of hydrogen-bond acceptors (Lipinski definition) is 3. The van der Waals surface area contributed by atoms with Gasteiger partial charge in [0.25, 0.3) is 0 Å². The van der Waals surface area contributed by atoms with Gasteiger partial charge in [-0.3, -0.25) is 4.79 Å². The van der Waals surface area contributed by atoms with Gasteiger partial charge in [0.1, 0.15) is 0 Å². The highest BCUT2D eigenvalue weighted by Crippen LogP contribution is 2.44. The van der Waals surface area contributed by atoms with Crippen molar-refractivity contribution in [1.29, 1.82) is 0 Å². The van der Waals surface area contributed by atoms with E-state index in [0.29, 0.717) is 0 Å². The Labute approximate surface area is 109 Å². The minimum Gasteiger partial charge on any atom is -0.453 e. The van der Waals surface area contributed by atoms with Crippen molar-refractivity contribution in [3.63, 3.8) is 0 Å². The molecule has 0 amide bonds. The molecule has 3 nitrogen and oxygen atoms in total. The van der Waals surface area contributed by atoms with Gasteiger partial charge in [0.2, 0.25) is 0 Å². The van der Waals surface area contributed by atoms with Gasteiger partial charge in [-0.25, -0.2) is 0 Å². The van der Waals surface area contributed by atoms with Crippen molar-refractivity contribution in [2.45, 2.75) is 37.8 Å². The summed E-state index contributed by atoms with van der Waals surface area (Å²) in [6.07, 6.45) is 3.06. The van der Waals surface area contributed by atoms with Crippen molar-refractivity contribution in [3.8, 4) is 0 Å². The second kappa shape index (κ2) is 5.11. The van der Waals surface area contributed by atoms with Crippen LogP contribution in [0.15, 0.2) is 30.3 Å². The molecule has 2 rings (SSSR count). The summed E-state index contributed by atoms with van der Waals surface area (Å²) in [4.78, 5) is 13.7. The van der Waals surface area contributed by atoms with Crippen LogP contribution in [0.1, 0.15) is 31.7 Å². The highest BCUT2D eigenvalue weighted by Gasteiger charge is 2.48. The van der Waals surface area contributed by atoms with Crippen LogP contribution in [0, 0.1) is 0 Å². The molecule has 1 aromatic rings.